The quantitative estimate of drug-likeness (QED) is 0.877. The maximum Gasteiger partial charge on any atom is 0.323 e. The number of hydrogen-bond acceptors (Lipinski definition) is 2. The fraction of sp³-hybridized carbons (Fsp3) is 0.385. The minimum atomic E-state index is -1.08. The van der Waals surface area contributed by atoms with Gasteiger partial charge in [-0.05, 0) is 31.4 Å². The van der Waals surface area contributed by atoms with Gasteiger partial charge in [0.05, 0.1) is 5.69 Å². The number of anilines is 1. The summed E-state index contributed by atoms with van der Waals surface area (Å²) in [6, 6.07) is 3.86. The summed E-state index contributed by atoms with van der Waals surface area (Å²) in [5, 5.41) is 11.2. The van der Waals surface area contributed by atoms with Gasteiger partial charge in [-0.1, -0.05) is 12.1 Å². The van der Waals surface area contributed by atoms with Crippen molar-refractivity contribution in [2.45, 2.75) is 25.8 Å². The highest BCUT2D eigenvalue weighted by molar-refractivity contribution is 5.92. The van der Waals surface area contributed by atoms with Crippen LogP contribution in [0.25, 0.3) is 0 Å². The second-order valence-electron chi connectivity index (χ2n) is 4.61. The van der Waals surface area contributed by atoms with Gasteiger partial charge >= 0.3 is 12.0 Å². The van der Waals surface area contributed by atoms with Gasteiger partial charge < -0.3 is 15.3 Å². The first kappa shape index (κ1) is 13.3. The van der Waals surface area contributed by atoms with E-state index in [4.69, 9.17) is 5.11 Å². The molecule has 6 heteroatoms. The highest BCUT2D eigenvalue weighted by Gasteiger charge is 2.34. The van der Waals surface area contributed by atoms with E-state index < -0.39 is 17.8 Å². The van der Waals surface area contributed by atoms with Gasteiger partial charge in [-0.25, -0.2) is 9.18 Å². The lowest BCUT2D eigenvalue weighted by atomic mass is 10.2. The first-order valence-electron chi connectivity index (χ1n) is 6.03. The number of nitrogens with one attached hydrogen (secondary N) is 1. The van der Waals surface area contributed by atoms with Gasteiger partial charge in [0, 0.05) is 6.04 Å². The number of carbonyl (C=O) groups excluding carboxylic acids is 1. The van der Waals surface area contributed by atoms with Crippen LogP contribution >= 0.6 is 0 Å². The van der Waals surface area contributed by atoms with E-state index in [9.17, 15) is 14.0 Å². The number of carbonyl (C=O) groups is 2. The summed E-state index contributed by atoms with van der Waals surface area (Å²) < 4.78 is 13.6. The number of nitrogens with zero attached hydrogens (tertiary/aromatic N) is 1. The molecule has 1 saturated carbocycles. The van der Waals surface area contributed by atoms with Crippen molar-refractivity contribution in [3.63, 3.8) is 0 Å². The SMILES string of the molecule is Cc1cccc(F)c1NC(=O)N(CC(=O)O)C1CC1. The van der Waals surface area contributed by atoms with E-state index in [1.165, 1.54) is 11.0 Å². The summed E-state index contributed by atoms with van der Waals surface area (Å²) >= 11 is 0. The second-order valence-corrected chi connectivity index (χ2v) is 4.61. The first-order chi connectivity index (χ1) is 8.99. The zero-order valence-electron chi connectivity index (χ0n) is 10.5. The summed E-state index contributed by atoms with van der Waals surface area (Å²) in [6.07, 6.45) is 1.58. The summed E-state index contributed by atoms with van der Waals surface area (Å²) in [4.78, 5) is 24.0. The minimum absolute atomic E-state index is 0.0526. The molecule has 1 aliphatic carbocycles. The average molecular weight is 266 g/mol. The van der Waals surface area contributed by atoms with E-state index in [-0.39, 0.29) is 18.3 Å². The number of para-hydroxylation sites is 1. The van der Waals surface area contributed by atoms with Crippen molar-refractivity contribution in [3.05, 3.63) is 29.6 Å². The molecular weight excluding hydrogens is 251 g/mol. The predicted octanol–water partition coefficient (Wildman–Crippen LogP) is 2.22. The fourth-order valence-corrected chi connectivity index (χ4v) is 1.87. The molecule has 5 nitrogen and oxygen atoms in total. The monoisotopic (exact) mass is 266 g/mol. The predicted molar refractivity (Wildman–Crippen MR) is 67.5 cm³/mol. The van der Waals surface area contributed by atoms with Gasteiger partial charge in [-0.15, -0.1) is 0 Å². The molecule has 2 N–H and O–H groups in total. The van der Waals surface area contributed by atoms with Crippen molar-refractivity contribution < 1.29 is 19.1 Å². The van der Waals surface area contributed by atoms with Crippen molar-refractivity contribution in [1.82, 2.24) is 4.90 Å². The Morgan fingerprint density at radius 1 is 1.47 bits per heavy atom. The molecule has 1 aromatic rings. The summed E-state index contributed by atoms with van der Waals surface area (Å²) in [5.74, 6) is -1.60. The lowest BCUT2D eigenvalue weighted by Crippen LogP contribution is -2.40. The molecule has 0 heterocycles. The third-order valence-electron chi connectivity index (χ3n) is 3.01. The molecule has 0 bridgehead atoms. The van der Waals surface area contributed by atoms with Crippen LogP contribution in [0.4, 0.5) is 14.9 Å². The third-order valence-corrected chi connectivity index (χ3v) is 3.01. The number of urea groups is 1. The summed E-state index contributed by atoms with van der Waals surface area (Å²) in [7, 11) is 0. The van der Waals surface area contributed by atoms with E-state index in [1.54, 1.807) is 19.1 Å². The largest absolute Gasteiger partial charge is 0.480 e. The van der Waals surface area contributed by atoms with Crippen LogP contribution in [-0.4, -0.2) is 34.6 Å². The van der Waals surface area contributed by atoms with Crippen LogP contribution in [-0.2, 0) is 4.79 Å². The topological polar surface area (TPSA) is 69.6 Å². The summed E-state index contributed by atoms with van der Waals surface area (Å²) in [5.41, 5.74) is 0.697. The number of aliphatic carboxylic acids is 1. The van der Waals surface area contributed by atoms with Crippen molar-refractivity contribution in [2.24, 2.45) is 0 Å². The van der Waals surface area contributed by atoms with E-state index in [0.717, 1.165) is 12.8 Å². The number of halogens is 1. The Labute approximate surface area is 110 Å². The van der Waals surface area contributed by atoms with Gasteiger partial charge in [0.25, 0.3) is 0 Å². The highest BCUT2D eigenvalue weighted by Crippen LogP contribution is 2.28. The molecule has 1 aromatic carbocycles. The Morgan fingerprint density at radius 3 is 2.68 bits per heavy atom. The van der Waals surface area contributed by atoms with E-state index in [2.05, 4.69) is 5.32 Å². The lowest BCUT2D eigenvalue weighted by molar-refractivity contribution is -0.137. The zero-order chi connectivity index (χ0) is 14.0. The van der Waals surface area contributed by atoms with Gasteiger partial charge in [-0.2, -0.15) is 0 Å². The van der Waals surface area contributed by atoms with E-state index >= 15 is 0 Å². The van der Waals surface area contributed by atoms with Crippen LogP contribution in [0.5, 0.6) is 0 Å². The van der Waals surface area contributed by atoms with Crippen molar-refractivity contribution in [1.29, 1.82) is 0 Å². The van der Waals surface area contributed by atoms with Crippen LogP contribution in [0.1, 0.15) is 18.4 Å². The van der Waals surface area contributed by atoms with Crippen molar-refractivity contribution >= 4 is 17.7 Å². The Bertz CT molecular complexity index is 494. The molecule has 0 saturated heterocycles. The summed E-state index contributed by atoms with van der Waals surface area (Å²) in [6.45, 7) is 1.31. The molecule has 1 fully saturated rings. The van der Waals surface area contributed by atoms with Crippen LogP contribution < -0.4 is 5.32 Å². The number of rotatable bonds is 4. The Balaban J connectivity index is 2.12. The fourth-order valence-electron chi connectivity index (χ4n) is 1.87. The smallest absolute Gasteiger partial charge is 0.323 e. The lowest BCUT2D eigenvalue weighted by Gasteiger charge is -2.21. The molecule has 1 aliphatic rings. The van der Waals surface area contributed by atoms with E-state index in [1.807, 2.05) is 0 Å². The molecule has 102 valence electrons. The number of carboxylic acids is 1. The molecule has 0 spiro atoms. The number of aryl methyl sites for hydroxylation is 1. The number of hydrogen-bond donors (Lipinski definition) is 2. The number of benzene rings is 1. The van der Waals surface area contributed by atoms with Crippen molar-refractivity contribution in [2.75, 3.05) is 11.9 Å². The Hall–Kier alpha value is -2.11. The van der Waals surface area contributed by atoms with Gasteiger partial charge in [0.2, 0.25) is 0 Å². The minimum Gasteiger partial charge on any atom is -0.480 e. The molecule has 0 aliphatic heterocycles. The Kier molecular flexibility index (Phi) is 3.69. The normalized spacial score (nSPS) is 14.0. The number of carboxylic acid groups (broad SMARTS) is 1. The molecule has 0 aromatic heterocycles. The number of amides is 2. The average Bonchev–Trinajstić information content (AvgIpc) is 3.14. The zero-order valence-corrected chi connectivity index (χ0v) is 10.5. The van der Waals surface area contributed by atoms with E-state index in [0.29, 0.717) is 5.56 Å². The van der Waals surface area contributed by atoms with Crippen LogP contribution in [0.3, 0.4) is 0 Å². The third kappa shape index (κ3) is 3.21. The molecule has 0 unspecified atom stereocenters. The highest BCUT2D eigenvalue weighted by atomic mass is 19.1. The van der Waals surface area contributed by atoms with Gasteiger partial charge in [-0.3, -0.25) is 4.79 Å². The maximum absolute atomic E-state index is 13.6. The van der Waals surface area contributed by atoms with Crippen molar-refractivity contribution in [3.8, 4) is 0 Å². The van der Waals surface area contributed by atoms with Crippen LogP contribution in [0.2, 0.25) is 0 Å². The molecule has 2 rings (SSSR count). The second kappa shape index (κ2) is 5.26. The maximum atomic E-state index is 13.6. The van der Waals surface area contributed by atoms with Crippen LogP contribution in [0, 0.1) is 12.7 Å². The molecule has 2 amide bonds. The van der Waals surface area contributed by atoms with Crippen LogP contribution in [0.15, 0.2) is 18.2 Å². The molecule has 0 radical (unpaired) electrons. The van der Waals surface area contributed by atoms with Gasteiger partial charge in [0.1, 0.15) is 12.4 Å². The van der Waals surface area contributed by atoms with Gasteiger partial charge in [0.15, 0.2) is 0 Å². The molecule has 19 heavy (non-hydrogen) atoms. The first-order valence-corrected chi connectivity index (χ1v) is 6.03. The Morgan fingerprint density at radius 2 is 2.16 bits per heavy atom. The molecular formula is C13H15FN2O3. The molecule has 0 atom stereocenters. The standard InChI is InChI=1S/C13H15FN2O3/c1-8-3-2-4-10(14)12(8)15-13(19)16(7-11(17)18)9-5-6-9/h2-4,9H,5-7H2,1H3,(H,15,19)(H,17,18).